The third-order valence-electron chi connectivity index (χ3n) is 5.58. The van der Waals surface area contributed by atoms with E-state index in [0.29, 0.717) is 17.4 Å². The summed E-state index contributed by atoms with van der Waals surface area (Å²) >= 11 is 0. The minimum absolute atomic E-state index is 0.127. The van der Waals surface area contributed by atoms with Gasteiger partial charge in [0.15, 0.2) is 6.10 Å². The zero-order valence-electron chi connectivity index (χ0n) is 20.6. The number of esters is 1. The number of hydrogen-bond donors (Lipinski definition) is 1. The molecule has 0 aliphatic carbocycles. The summed E-state index contributed by atoms with van der Waals surface area (Å²) in [5, 5.41) is 9.02. The zero-order chi connectivity index (χ0) is 22.8. The highest BCUT2D eigenvalue weighted by molar-refractivity contribution is 5.71. The normalized spacial score (nSPS) is 13.8. The van der Waals surface area contributed by atoms with Crippen LogP contribution < -0.4 is 0 Å². The van der Waals surface area contributed by atoms with E-state index in [1.165, 1.54) is 64.2 Å². The highest BCUT2D eigenvalue weighted by atomic mass is 16.5. The quantitative estimate of drug-likeness (QED) is 0.142. The van der Waals surface area contributed by atoms with Crippen LogP contribution in [0.25, 0.3) is 0 Å². The zero-order valence-corrected chi connectivity index (χ0v) is 20.6. The van der Waals surface area contributed by atoms with Gasteiger partial charge in [-0.1, -0.05) is 90.9 Å². The lowest BCUT2D eigenvalue weighted by molar-refractivity contribution is -0.873. The van der Waals surface area contributed by atoms with Gasteiger partial charge in [0.1, 0.15) is 6.54 Å². The molecule has 5 heteroatoms. The molecule has 0 saturated carbocycles. The van der Waals surface area contributed by atoms with Gasteiger partial charge in [-0.25, -0.2) is 0 Å². The van der Waals surface area contributed by atoms with Gasteiger partial charge in [-0.3, -0.25) is 9.59 Å². The molecule has 2 atom stereocenters. The first-order valence-electron chi connectivity index (χ1n) is 12.4. The Morgan fingerprint density at radius 1 is 0.833 bits per heavy atom. The van der Waals surface area contributed by atoms with Crippen molar-refractivity contribution in [3.63, 3.8) is 0 Å². The van der Waals surface area contributed by atoms with Crippen molar-refractivity contribution in [1.82, 2.24) is 0 Å². The highest BCUT2D eigenvalue weighted by Gasteiger charge is 2.24. The Morgan fingerprint density at radius 3 is 1.83 bits per heavy atom. The summed E-state index contributed by atoms with van der Waals surface area (Å²) in [7, 11) is 5.91. The number of nitrogens with zero attached hydrogens (tertiary/aromatic N) is 1. The van der Waals surface area contributed by atoms with E-state index >= 15 is 0 Å². The second-order valence-electron chi connectivity index (χ2n) is 10.2. The summed E-state index contributed by atoms with van der Waals surface area (Å²) in [6.07, 6.45) is 16.2. The summed E-state index contributed by atoms with van der Waals surface area (Å²) < 4.78 is 6.00. The average Bonchev–Trinajstić information content (AvgIpc) is 2.61. The number of carbonyl (C=O) groups excluding carboxylic acids is 1. The van der Waals surface area contributed by atoms with Gasteiger partial charge in [0.25, 0.3) is 0 Å². The SMILES string of the molecule is CCCCCCCCC(C)CCCCCCCC(=O)OC(CC(=O)O)C[N+](C)(C)C. The summed E-state index contributed by atoms with van der Waals surface area (Å²) in [4.78, 5) is 23.1. The van der Waals surface area contributed by atoms with Crippen LogP contribution in [0.4, 0.5) is 0 Å². The average molecular weight is 429 g/mol. The Labute approximate surface area is 186 Å². The van der Waals surface area contributed by atoms with E-state index in [2.05, 4.69) is 13.8 Å². The number of carboxylic acids is 1. The fourth-order valence-corrected chi connectivity index (χ4v) is 3.90. The standard InChI is InChI=1S/C25H49NO4/c1-6-7-8-9-11-14-17-22(2)18-15-12-10-13-16-19-25(29)30-23(20-24(27)28)21-26(3,4)5/h22-23H,6-21H2,1-5H3/p+1. The van der Waals surface area contributed by atoms with Crippen LogP contribution in [0.5, 0.6) is 0 Å². The smallest absolute Gasteiger partial charge is 0.307 e. The van der Waals surface area contributed by atoms with Crippen LogP contribution in [0, 0.1) is 5.92 Å². The molecular formula is C25H50NO4+. The van der Waals surface area contributed by atoms with Crippen molar-refractivity contribution in [2.45, 2.75) is 116 Å². The molecule has 0 spiro atoms. The van der Waals surface area contributed by atoms with Crippen LogP contribution in [0.2, 0.25) is 0 Å². The predicted octanol–water partition coefficient (Wildman–Crippen LogP) is 6.20. The summed E-state index contributed by atoms with van der Waals surface area (Å²) in [5.41, 5.74) is 0. The first kappa shape index (κ1) is 28.9. The van der Waals surface area contributed by atoms with Crippen molar-refractivity contribution in [3.8, 4) is 0 Å². The van der Waals surface area contributed by atoms with Crippen LogP contribution in [-0.4, -0.2) is 55.3 Å². The fourth-order valence-electron chi connectivity index (χ4n) is 3.90. The number of aliphatic carboxylic acids is 1. The second kappa shape index (κ2) is 17.6. The van der Waals surface area contributed by atoms with Gasteiger partial charge in [0, 0.05) is 6.42 Å². The van der Waals surface area contributed by atoms with Gasteiger partial charge in [-0.2, -0.15) is 0 Å². The van der Waals surface area contributed by atoms with E-state index in [0.717, 1.165) is 25.2 Å². The number of ether oxygens (including phenoxy) is 1. The molecule has 1 N–H and O–H groups in total. The van der Waals surface area contributed by atoms with E-state index < -0.39 is 12.1 Å². The lowest BCUT2D eigenvalue weighted by Gasteiger charge is -2.28. The third kappa shape index (κ3) is 20.2. The van der Waals surface area contributed by atoms with E-state index in [9.17, 15) is 9.59 Å². The molecule has 0 aromatic rings. The first-order chi connectivity index (χ1) is 14.1. The number of likely N-dealkylation sites (N-methyl/N-ethyl adjacent to an activating group) is 1. The maximum atomic E-state index is 12.1. The summed E-state index contributed by atoms with van der Waals surface area (Å²) in [6, 6.07) is 0. The molecule has 0 radical (unpaired) electrons. The Balaban J connectivity index is 3.72. The van der Waals surface area contributed by atoms with Gasteiger partial charge >= 0.3 is 11.9 Å². The Hall–Kier alpha value is -1.10. The molecule has 178 valence electrons. The molecule has 0 saturated heterocycles. The molecule has 0 amide bonds. The number of quaternary nitrogens is 1. The predicted molar refractivity (Wildman–Crippen MR) is 125 cm³/mol. The molecule has 0 heterocycles. The fraction of sp³-hybridized carbons (Fsp3) is 0.920. The monoisotopic (exact) mass is 428 g/mol. The largest absolute Gasteiger partial charge is 0.481 e. The molecule has 0 bridgehead atoms. The molecule has 0 aliphatic rings. The first-order valence-corrected chi connectivity index (χ1v) is 12.4. The molecule has 0 aromatic carbocycles. The number of unbranched alkanes of at least 4 members (excludes halogenated alkanes) is 9. The lowest BCUT2D eigenvalue weighted by Crippen LogP contribution is -2.43. The van der Waals surface area contributed by atoms with Gasteiger partial charge in [-0.05, 0) is 12.3 Å². The molecule has 2 unspecified atom stereocenters. The molecule has 5 nitrogen and oxygen atoms in total. The number of carbonyl (C=O) groups is 2. The Bertz CT molecular complexity index is 445. The minimum atomic E-state index is -0.924. The van der Waals surface area contributed by atoms with Crippen molar-refractivity contribution >= 4 is 11.9 Å². The Morgan fingerprint density at radius 2 is 1.33 bits per heavy atom. The summed E-state index contributed by atoms with van der Waals surface area (Å²) in [5.74, 6) is -0.354. The van der Waals surface area contributed by atoms with E-state index in [1.807, 2.05) is 21.1 Å². The second-order valence-corrected chi connectivity index (χ2v) is 10.2. The molecule has 0 aromatic heterocycles. The number of hydrogen-bond acceptors (Lipinski definition) is 3. The number of rotatable bonds is 20. The van der Waals surface area contributed by atoms with Crippen molar-refractivity contribution in [3.05, 3.63) is 0 Å². The van der Waals surface area contributed by atoms with Gasteiger partial charge < -0.3 is 14.3 Å². The molecule has 0 rings (SSSR count). The maximum absolute atomic E-state index is 12.1. The van der Waals surface area contributed by atoms with Crippen LogP contribution in [0.1, 0.15) is 110 Å². The molecule has 30 heavy (non-hydrogen) atoms. The van der Waals surface area contributed by atoms with Gasteiger partial charge in [-0.15, -0.1) is 0 Å². The molecular weight excluding hydrogens is 378 g/mol. The topological polar surface area (TPSA) is 63.6 Å². The van der Waals surface area contributed by atoms with Crippen molar-refractivity contribution in [2.75, 3.05) is 27.7 Å². The van der Waals surface area contributed by atoms with Gasteiger partial charge in [0.2, 0.25) is 0 Å². The summed E-state index contributed by atoms with van der Waals surface area (Å²) in [6.45, 7) is 5.15. The van der Waals surface area contributed by atoms with Gasteiger partial charge in [0.05, 0.1) is 27.6 Å². The van der Waals surface area contributed by atoms with E-state index in [1.54, 1.807) is 0 Å². The lowest BCUT2D eigenvalue weighted by atomic mass is 9.96. The van der Waals surface area contributed by atoms with Crippen LogP contribution in [0.15, 0.2) is 0 Å². The minimum Gasteiger partial charge on any atom is -0.481 e. The third-order valence-corrected chi connectivity index (χ3v) is 5.58. The highest BCUT2D eigenvalue weighted by Crippen LogP contribution is 2.18. The number of carboxylic acid groups (broad SMARTS) is 1. The Kier molecular flexibility index (Phi) is 16.9. The van der Waals surface area contributed by atoms with E-state index in [4.69, 9.17) is 9.84 Å². The van der Waals surface area contributed by atoms with Crippen molar-refractivity contribution in [1.29, 1.82) is 0 Å². The van der Waals surface area contributed by atoms with Crippen LogP contribution in [0.3, 0.4) is 0 Å². The van der Waals surface area contributed by atoms with Crippen molar-refractivity contribution in [2.24, 2.45) is 5.92 Å². The van der Waals surface area contributed by atoms with Crippen LogP contribution in [-0.2, 0) is 14.3 Å². The maximum Gasteiger partial charge on any atom is 0.307 e. The van der Waals surface area contributed by atoms with E-state index in [-0.39, 0.29) is 12.4 Å². The molecule has 0 fully saturated rings. The van der Waals surface area contributed by atoms with Crippen LogP contribution >= 0.6 is 0 Å². The molecule has 0 aliphatic heterocycles. The van der Waals surface area contributed by atoms with Crippen molar-refractivity contribution < 1.29 is 23.9 Å².